The van der Waals surface area contributed by atoms with Crippen LogP contribution in [-0.4, -0.2) is 78.1 Å². The Hall–Kier alpha value is -3.96. The van der Waals surface area contributed by atoms with E-state index in [0.29, 0.717) is 61.1 Å². The summed E-state index contributed by atoms with van der Waals surface area (Å²) in [6, 6.07) is 5.57. The molecule has 3 heterocycles. The standard InChI is InChI=1S/C27H34N8O3/c1-5-25(36)29-20-14-21(23(37-4)15-22(20)34-10-12-38-13-11-34)30-27-28-9-8-24(31-27)35-17-19(16-33(2)3)26(32-35)18-6-7-18/h5,8-9,14-15,17-18H,1,6-7,10-13,16H2,2-4H3,(H,29,36)(H,28,30,31). The number of aromatic nitrogens is 4. The predicted octanol–water partition coefficient (Wildman–Crippen LogP) is 3.31. The number of hydrogen-bond donors (Lipinski definition) is 2. The number of ether oxygens (including phenoxy) is 2. The van der Waals surface area contributed by atoms with Gasteiger partial charge in [0.25, 0.3) is 0 Å². The quantitative estimate of drug-likeness (QED) is 0.391. The van der Waals surface area contributed by atoms with Crippen molar-refractivity contribution >= 4 is 28.9 Å². The third-order valence-corrected chi connectivity index (χ3v) is 6.51. The molecular weight excluding hydrogens is 484 g/mol. The number of nitrogens with one attached hydrogen (secondary N) is 2. The number of benzene rings is 1. The van der Waals surface area contributed by atoms with E-state index in [0.717, 1.165) is 17.9 Å². The van der Waals surface area contributed by atoms with Gasteiger partial charge in [-0.1, -0.05) is 6.58 Å². The Morgan fingerprint density at radius 2 is 2.05 bits per heavy atom. The normalized spacial score (nSPS) is 15.4. The molecule has 1 amide bonds. The van der Waals surface area contributed by atoms with Gasteiger partial charge in [-0.3, -0.25) is 4.79 Å². The molecule has 38 heavy (non-hydrogen) atoms. The molecule has 1 saturated carbocycles. The van der Waals surface area contributed by atoms with Crippen molar-refractivity contribution < 1.29 is 14.3 Å². The second kappa shape index (κ2) is 11.2. The van der Waals surface area contributed by atoms with Crippen LogP contribution in [0, 0.1) is 0 Å². The maximum atomic E-state index is 12.2. The molecule has 11 nitrogen and oxygen atoms in total. The molecule has 0 radical (unpaired) electrons. The molecule has 0 unspecified atom stereocenters. The molecule has 1 aliphatic carbocycles. The van der Waals surface area contributed by atoms with Crippen LogP contribution >= 0.6 is 0 Å². The van der Waals surface area contributed by atoms with Gasteiger partial charge in [0, 0.05) is 55.6 Å². The molecule has 1 aliphatic heterocycles. The second-order valence-corrected chi connectivity index (χ2v) is 9.72. The largest absolute Gasteiger partial charge is 0.494 e. The zero-order valence-electron chi connectivity index (χ0n) is 22.1. The van der Waals surface area contributed by atoms with E-state index in [4.69, 9.17) is 19.6 Å². The van der Waals surface area contributed by atoms with Gasteiger partial charge in [0.2, 0.25) is 11.9 Å². The lowest BCUT2D eigenvalue weighted by Gasteiger charge is -2.31. The summed E-state index contributed by atoms with van der Waals surface area (Å²) in [5.41, 5.74) is 4.46. The van der Waals surface area contributed by atoms with E-state index in [9.17, 15) is 4.79 Å². The van der Waals surface area contributed by atoms with E-state index in [2.05, 4.69) is 52.3 Å². The van der Waals surface area contributed by atoms with Gasteiger partial charge in [-0.05, 0) is 39.1 Å². The van der Waals surface area contributed by atoms with Crippen LogP contribution in [0.4, 0.5) is 23.0 Å². The van der Waals surface area contributed by atoms with E-state index in [1.807, 2.05) is 22.9 Å². The maximum Gasteiger partial charge on any atom is 0.247 e. The van der Waals surface area contributed by atoms with E-state index >= 15 is 0 Å². The summed E-state index contributed by atoms with van der Waals surface area (Å²) in [6.45, 7) is 7.06. The summed E-state index contributed by atoms with van der Waals surface area (Å²) in [5, 5.41) is 11.1. The lowest BCUT2D eigenvalue weighted by Crippen LogP contribution is -2.36. The Kier molecular flexibility index (Phi) is 7.57. The average Bonchev–Trinajstić information content (AvgIpc) is 3.69. The highest BCUT2D eigenvalue weighted by molar-refractivity contribution is 6.02. The molecule has 2 aliphatic rings. The molecule has 2 fully saturated rings. The van der Waals surface area contributed by atoms with Crippen molar-refractivity contribution in [3.05, 3.63) is 54.5 Å². The number of rotatable bonds is 10. The van der Waals surface area contributed by atoms with Crippen LogP contribution in [0.1, 0.15) is 30.0 Å². The first-order valence-electron chi connectivity index (χ1n) is 12.8. The molecule has 11 heteroatoms. The summed E-state index contributed by atoms with van der Waals surface area (Å²) in [5.74, 6) is 1.88. The molecule has 3 aromatic rings. The lowest BCUT2D eigenvalue weighted by atomic mass is 10.1. The summed E-state index contributed by atoms with van der Waals surface area (Å²) >= 11 is 0. The van der Waals surface area contributed by atoms with Crippen molar-refractivity contribution in [2.45, 2.75) is 25.3 Å². The number of methoxy groups -OCH3 is 1. The molecule has 0 atom stereocenters. The fourth-order valence-electron chi connectivity index (χ4n) is 4.55. The average molecular weight is 519 g/mol. The van der Waals surface area contributed by atoms with Crippen molar-refractivity contribution in [1.82, 2.24) is 24.6 Å². The maximum absolute atomic E-state index is 12.2. The minimum atomic E-state index is -0.299. The summed E-state index contributed by atoms with van der Waals surface area (Å²) in [7, 11) is 5.73. The van der Waals surface area contributed by atoms with Crippen molar-refractivity contribution in [2.24, 2.45) is 0 Å². The minimum absolute atomic E-state index is 0.299. The van der Waals surface area contributed by atoms with Crippen LogP contribution in [0.3, 0.4) is 0 Å². The van der Waals surface area contributed by atoms with Crippen LogP contribution in [0.15, 0.2) is 43.2 Å². The Morgan fingerprint density at radius 1 is 1.26 bits per heavy atom. The van der Waals surface area contributed by atoms with Crippen molar-refractivity contribution in [3.8, 4) is 11.6 Å². The van der Waals surface area contributed by atoms with E-state index < -0.39 is 0 Å². The van der Waals surface area contributed by atoms with Gasteiger partial charge in [-0.25, -0.2) is 9.67 Å². The summed E-state index contributed by atoms with van der Waals surface area (Å²) < 4.78 is 13.0. The van der Waals surface area contributed by atoms with E-state index in [1.165, 1.54) is 24.5 Å². The van der Waals surface area contributed by atoms with Crippen molar-refractivity contribution in [1.29, 1.82) is 0 Å². The molecule has 0 bridgehead atoms. The fourth-order valence-corrected chi connectivity index (χ4v) is 4.55. The monoisotopic (exact) mass is 518 g/mol. The minimum Gasteiger partial charge on any atom is -0.494 e. The molecule has 2 aromatic heterocycles. The number of nitrogens with zero attached hydrogens (tertiary/aromatic N) is 6. The first-order chi connectivity index (χ1) is 18.4. The van der Waals surface area contributed by atoms with Gasteiger partial charge < -0.3 is 29.9 Å². The van der Waals surface area contributed by atoms with Gasteiger partial charge in [-0.15, -0.1) is 0 Å². The molecule has 1 aromatic carbocycles. The first kappa shape index (κ1) is 25.7. The van der Waals surface area contributed by atoms with E-state index in [1.54, 1.807) is 13.3 Å². The number of hydrogen-bond acceptors (Lipinski definition) is 9. The third kappa shape index (κ3) is 5.79. The van der Waals surface area contributed by atoms with Crippen LogP contribution in [0.5, 0.6) is 5.75 Å². The molecule has 200 valence electrons. The SMILES string of the molecule is C=CC(=O)Nc1cc(Nc2nccc(-n3cc(CN(C)C)c(C4CC4)n3)n2)c(OC)cc1N1CCOCC1. The van der Waals surface area contributed by atoms with Gasteiger partial charge in [0.05, 0.1) is 43.1 Å². The first-order valence-corrected chi connectivity index (χ1v) is 12.8. The molecule has 2 N–H and O–H groups in total. The van der Waals surface area contributed by atoms with Gasteiger partial charge in [0.1, 0.15) is 5.75 Å². The third-order valence-electron chi connectivity index (χ3n) is 6.51. The van der Waals surface area contributed by atoms with Crippen LogP contribution in [-0.2, 0) is 16.1 Å². The van der Waals surface area contributed by atoms with E-state index in [-0.39, 0.29) is 5.91 Å². The molecular formula is C27H34N8O3. The zero-order chi connectivity index (χ0) is 26.6. The zero-order valence-corrected chi connectivity index (χ0v) is 22.1. The van der Waals surface area contributed by atoms with Crippen molar-refractivity contribution in [3.63, 3.8) is 0 Å². The van der Waals surface area contributed by atoms with Crippen LogP contribution < -0.4 is 20.3 Å². The van der Waals surface area contributed by atoms with Crippen molar-refractivity contribution in [2.75, 3.05) is 63.0 Å². The smallest absolute Gasteiger partial charge is 0.247 e. The van der Waals surface area contributed by atoms with Gasteiger partial charge in [0.15, 0.2) is 5.82 Å². The summed E-state index contributed by atoms with van der Waals surface area (Å²) in [4.78, 5) is 25.7. The highest BCUT2D eigenvalue weighted by atomic mass is 16.5. The van der Waals surface area contributed by atoms with Gasteiger partial charge in [-0.2, -0.15) is 10.1 Å². The number of carbonyl (C=O) groups excluding carboxylic acids is 1. The summed E-state index contributed by atoms with van der Waals surface area (Å²) in [6.07, 6.45) is 7.36. The Labute approximate surface area is 222 Å². The van der Waals surface area contributed by atoms with Crippen LogP contribution in [0.2, 0.25) is 0 Å². The number of carbonyl (C=O) groups is 1. The fraction of sp³-hybridized carbons (Fsp3) is 0.407. The number of morpholine rings is 1. The second-order valence-electron chi connectivity index (χ2n) is 9.72. The topological polar surface area (TPSA) is 110 Å². The Morgan fingerprint density at radius 3 is 2.74 bits per heavy atom. The molecule has 5 rings (SSSR count). The predicted molar refractivity (Wildman–Crippen MR) is 147 cm³/mol. The Bertz CT molecular complexity index is 1310. The Balaban J connectivity index is 1.46. The number of anilines is 4. The molecule has 0 spiro atoms. The highest BCUT2D eigenvalue weighted by Crippen LogP contribution is 2.41. The number of amides is 1. The molecule has 1 saturated heterocycles. The van der Waals surface area contributed by atoms with Crippen LogP contribution in [0.25, 0.3) is 5.82 Å². The van der Waals surface area contributed by atoms with Gasteiger partial charge >= 0.3 is 0 Å². The lowest BCUT2D eigenvalue weighted by molar-refractivity contribution is -0.111. The highest BCUT2D eigenvalue weighted by Gasteiger charge is 2.29.